The summed E-state index contributed by atoms with van der Waals surface area (Å²) in [5, 5.41) is 2.83. The van der Waals surface area contributed by atoms with Crippen molar-refractivity contribution in [3.63, 3.8) is 0 Å². The van der Waals surface area contributed by atoms with Crippen LogP contribution < -0.4 is 15.0 Å². The third kappa shape index (κ3) is 4.97. The Bertz CT molecular complexity index is 837. The zero-order valence-corrected chi connectivity index (χ0v) is 16.8. The van der Waals surface area contributed by atoms with Crippen LogP contribution in [-0.2, 0) is 4.79 Å². The van der Waals surface area contributed by atoms with Gasteiger partial charge in [-0.1, -0.05) is 0 Å². The first kappa shape index (κ1) is 19.6. The van der Waals surface area contributed by atoms with Crippen LogP contribution in [0.15, 0.2) is 35.3 Å². The van der Waals surface area contributed by atoms with Crippen molar-refractivity contribution in [3.05, 3.63) is 41.7 Å². The zero-order chi connectivity index (χ0) is 20.1. The van der Waals surface area contributed by atoms with Crippen LogP contribution in [0.25, 0.3) is 0 Å². The van der Waals surface area contributed by atoms with Crippen molar-refractivity contribution in [1.82, 2.24) is 20.2 Å². The van der Waals surface area contributed by atoms with Gasteiger partial charge in [-0.25, -0.2) is 9.97 Å². The minimum Gasteiger partial charge on any atom is -0.497 e. The molecular weight excluding hydrogens is 356 g/mol. The van der Waals surface area contributed by atoms with E-state index < -0.39 is 0 Å². The Labute approximate surface area is 165 Å². The van der Waals surface area contributed by atoms with Gasteiger partial charge in [0.15, 0.2) is 0 Å². The second-order valence-corrected chi connectivity index (χ2v) is 6.74. The van der Waals surface area contributed by atoms with Crippen LogP contribution in [0.4, 0.5) is 11.6 Å². The molecule has 1 saturated heterocycles. The molecule has 2 aromatic rings. The Kier molecular flexibility index (Phi) is 6.08. The van der Waals surface area contributed by atoms with Crippen LogP contribution in [0.3, 0.4) is 0 Å². The summed E-state index contributed by atoms with van der Waals surface area (Å²) in [6, 6.07) is 9.93. The average molecular weight is 382 g/mol. The number of amides is 1. The van der Waals surface area contributed by atoms with Gasteiger partial charge in [-0.15, -0.1) is 0 Å². The molecule has 0 radical (unpaired) electrons. The first-order valence-corrected chi connectivity index (χ1v) is 9.27. The molecule has 1 amide bonds. The lowest BCUT2D eigenvalue weighted by atomic mass is 10.2. The van der Waals surface area contributed by atoms with Gasteiger partial charge in [0.1, 0.15) is 5.75 Å². The van der Waals surface area contributed by atoms with Gasteiger partial charge in [-0.2, -0.15) is 4.99 Å². The monoisotopic (exact) mass is 382 g/mol. The van der Waals surface area contributed by atoms with Gasteiger partial charge in [0, 0.05) is 50.2 Å². The van der Waals surface area contributed by atoms with E-state index in [2.05, 4.69) is 42.2 Å². The summed E-state index contributed by atoms with van der Waals surface area (Å²) in [6.45, 7) is 8.38. The summed E-state index contributed by atoms with van der Waals surface area (Å²) in [4.78, 5) is 29.3. The highest BCUT2D eigenvalue weighted by Gasteiger charge is 2.21. The molecule has 1 aliphatic rings. The molecular formula is C20H26N6O2. The molecule has 0 aliphatic carbocycles. The van der Waals surface area contributed by atoms with Crippen molar-refractivity contribution >= 4 is 23.5 Å². The van der Waals surface area contributed by atoms with Crippen LogP contribution in [-0.4, -0.2) is 60.0 Å². The summed E-state index contributed by atoms with van der Waals surface area (Å²) < 4.78 is 5.22. The van der Waals surface area contributed by atoms with Gasteiger partial charge in [0.05, 0.1) is 7.11 Å². The smallest absolute Gasteiger partial charge is 0.253 e. The fraction of sp³-hybridized carbons (Fsp3) is 0.400. The number of anilines is 1. The first-order chi connectivity index (χ1) is 13.4. The Hall–Kier alpha value is -3.16. The normalized spacial score (nSPS) is 14.8. The lowest BCUT2D eigenvalue weighted by Gasteiger charge is -2.37. The molecule has 8 heteroatoms. The summed E-state index contributed by atoms with van der Waals surface area (Å²) >= 11 is 0. The topological polar surface area (TPSA) is 82.9 Å². The van der Waals surface area contributed by atoms with Crippen molar-refractivity contribution in [1.29, 1.82) is 0 Å². The van der Waals surface area contributed by atoms with E-state index in [0.717, 1.165) is 49.0 Å². The quantitative estimate of drug-likeness (QED) is 0.646. The van der Waals surface area contributed by atoms with Crippen molar-refractivity contribution < 1.29 is 9.53 Å². The number of aryl methyl sites for hydroxylation is 2. The molecule has 1 N–H and O–H groups in total. The van der Waals surface area contributed by atoms with Crippen LogP contribution in [0.5, 0.6) is 5.75 Å². The van der Waals surface area contributed by atoms with E-state index in [0.29, 0.717) is 11.9 Å². The Morgan fingerprint density at radius 1 is 1.07 bits per heavy atom. The predicted octanol–water partition coefficient (Wildman–Crippen LogP) is 2.05. The second-order valence-electron chi connectivity index (χ2n) is 6.74. The van der Waals surface area contributed by atoms with E-state index in [1.807, 2.05) is 32.0 Å². The molecule has 0 atom stereocenters. The van der Waals surface area contributed by atoms with E-state index in [4.69, 9.17) is 4.74 Å². The number of aliphatic imine (C=N–C) groups is 1. The molecule has 148 valence electrons. The predicted molar refractivity (Wildman–Crippen MR) is 109 cm³/mol. The highest BCUT2D eigenvalue weighted by atomic mass is 16.5. The van der Waals surface area contributed by atoms with Crippen molar-refractivity contribution in [2.24, 2.45) is 4.99 Å². The Balaban J connectivity index is 1.73. The molecule has 1 aromatic heterocycles. The van der Waals surface area contributed by atoms with E-state index in [1.165, 1.54) is 6.92 Å². The maximum Gasteiger partial charge on any atom is 0.253 e. The number of carbonyl (C=O) groups excluding carboxylic acids is 1. The number of guanidine groups is 1. The zero-order valence-electron chi connectivity index (χ0n) is 16.8. The second kappa shape index (κ2) is 8.69. The number of nitrogens with zero attached hydrogens (tertiary/aromatic N) is 5. The summed E-state index contributed by atoms with van der Waals surface area (Å²) in [5.41, 5.74) is 2.84. The minimum absolute atomic E-state index is 0.166. The number of benzene rings is 1. The number of aromatic nitrogens is 2. The van der Waals surface area contributed by atoms with Crippen molar-refractivity contribution in [2.45, 2.75) is 20.8 Å². The van der Waals surface area contributed by atoms with Crippen LogP contribution >= 0.6 is 0 Å². The number of hydrogen-bond acceptors (Lipinski definition) is 6. The van der Waals surface area contributed by atoms with Gasteiger partial charge < -0.3 is 14.5 Å². The first-order valence-electron chi connectivity index (χ1n) is 9.27. The lowest BCUT2D eigenvalue weighted by Crippen LogP contribution is -2.53. The maximum absolute atomic E-state index is 11.7. The number of piperazine rings is 1. The van der Waals surface area contributed by atoms with Gasteiger partial charge in [-0.05, 0) is 44.2 Å². The third-order valence-corrected chi connectivity index (χ3v) is 4.48. The minimum atomic E-state index is -0.166. The highest BCUT2D eigenvalue weighted by molar-refractivity contribution is 5.96. The molecule has 0 saturated carbocycles. The molecule has 3 rings (SSSR count). The summed E-state index contributed by atoms with van der Waals surface area (Å²) in [7, 11) is 1.66. The molecule has 8 nitrogen and oxygen atoms in total. The van der Waals surface area contributed by atoms with Crippen molar-refractivity contribution in [3.8, 4) is 5.75 Å². The largest absolute Gasteiger partial charge is 0.497 e. The fourth-order valence-electron chi connectivity index (χ4n) is 3.16. The third-order valence-electron chi connectivity index (χ3n) is 4.48. The van der Waals surface area contributed by atoms with Crippen LogP contribution in [0, 0.1) is 13.8 Å². The number of methoxy groups -OCH3 is 1. The van der Waals surface area contributed by atoms with E-state index in [9.17, 15) is 4.79 Å². The van der Waals surface area contributed by atoms with Gasteiger partial charge in [-0.3, -0.25) is 10.1 Å². The summed E-state index contributed by atoms with van der Waals surface area (Å²) in [5.74, 6) is 1.53. The number of nitrogens with one attached hydrogen (secondary N) is 1. The lowest BCUT2D eigenvalue weighted by molar-refractivity contribution is -0.117. The van der Waals surface area contributed by atoms with Crippen LogP contribution in [0.1, 0.15) is 18.3 Å². The number of rotatable bonds is 3. The van der Waals surface area contributed by atoms with Gasteiger partial charge >= 0.3 is 0 Å². The van der Waals surface area contributed by atoms with Crippen molar-refractivity contribution in [2.75, 3.05) is 38.2 Å². The van der Waals surface area contributed by atoms with E-state index in [1.54, 1.807) is 7.11 Å². The molecule has 2 heterocycles. The molecule has 1 aromatic carbocycles. The molecule has 0 bridgehead atoms. The highest BCUT2D eigenvalue weighted by Crippen LogP contribution is 2.20. The average Bonchev–Trinajstić information content (AvgIpc) is 2.66. The SMILES string of the molecule is COc1ccc(N2CCN(C(=Nc3nc(C)cc(C)n3)NC(C)=O)CC2)cc1. The molecule has 0 unspecified atom stereocenters. The van der Waals surface area contributed by atoms with E-state index >= 15 is 0 Å². The number of hydrogen-bond donors (Lipinski definition) is 1. The molecule has 28 heavy (non-hydrogen) atoms. The molecule has 1 aliphatic heterocycles. The van der Waals surface area contributed by atoms with Gasteiger partial charge in [0.2, 0.25) is 11.9 Å². The molecule has 0 spiro atoms. The summed E-state index contributed by atoms with van der Waals surface area (Å²) in [6.07, 6.45) is 0. The number of ether oxygens (including phenoxy) is 1. The standard InChI is InChI=1S/C20H26N6O2/c1-14-13-15(2)22-19(21-14)24-20(23-16(3)27)26-11-9-25(10-12-26)17-5-7-18(28-4)8-6-17/h5-8,13H,9-12H2,1-4H3,(H,21,22,23,24,27). The Morgan fingerprint density at radius 3 is 2.21 bits per heavy atom. The fourth-order valence-corrected chi connectivity index (χ4v) is 3.16. The Morgan fingerprint density at radius 2 is 1.68 bits per heavy atom. The maximum atomic E-state index is 11.7. The number of carbonyl (C=O) groups is 1. The van der Waals surface area contributed by atoms with E-state index in [-0.39, 0.29) is 5.91 Å². The molecule has 1 fully saturated rings. The van der Waals surface area contributed by atoms with Crippen LogP contribution in [0.2, 0.25) is 0 Å². The van der Waals surface area contributed by atoms with Gasteiger partial charge in [0.25, 0.3) is 5.95 Å².